The standard InChI is InChI=1S/C22H16N4O5/c27-22(23-16-8-2-1-3-9-16)18-11-4-5-12-19(18)30-14-20-24-21(25-31-20)15-7-6-10-17(13-15)26(28)29/h1-13H,14H2,(H,23,27). The number of nitrogens with one attached hydrogen (secondary N) is 1. The van der Waals surface area contributed by atoms with Gasteiger partial charge in [0.05, 0.1) is 10.5 Å². The van der Waals surface area contributed by atoms with E-state index in [0.29, 0.717) is 22.6 Å². The molecule has 9 nitrogen and oxygen atoms in total. The maximum atomic E-state index is 12.6. The molecule has 9 heteroatoms. The van der Waals surface area contributed by atoms with Crippen LogP contribution in [0.15, 0.2) is 83.4 Å². The number of hydrogen-bond acceptors (Lipinski definition) is 7. The van der Waals surface area contributed by atoms with Gasteiger partial charge in [0.1, 0.15) is 5.75 Å². The number of nitrogens with zero attached hydrogens (tertiary/aromatic N) is 3. The van der Waals surface area contributed by atoms with Crippen molar-refractivity contribution in [3.63, 3.8) is 0 Å². The molecule has 0 radical (unpaired) electrons. The maximum absolute atomic E-state index is 12.6. The first-order chi connectivity index (χ1) is 15.1. The molecule has 31 heavy (non-hydrogen) atoms. The van der Waals surface area contributed by atoms with E-state index in [4.69, 9.17) is 9.26 Å². The van der Waals surface area contributed by atoms with E-state index < -0.39 is 4.92 Å². The zero-order chi connectivity index (χ0) is 21.6. The molecule has 1 heterocycles. The third-order valence-electron chi connectivity index (χ3n) is 4.30. The van der Waals surface area contributed by atoms with Crippen molar-refractivity contribution in [2.45, 2.75) is 6.61 Å². The Morgan fingerprint density at radius 3 is 2.61 bits per heavy atom. The van der Waals surface area contributed by atoms with E-state index in [0.717, 1.165) is 0 Å². The lowest BCUT2D eigenvalue weighted by Crippen LogP contribution is -2.13. The van der Waals surface area contributed by atoms with Gasteiger partial charge in [-0.1, -0.05) is 47.6 Å². The summed E-state index contributed by atoms with van der Waals surface area (Å²) >= 11 is 0. The van der Waals surface area contributed by atoms with Gasteiger partial charge in [0, 0.05) is 23.4 Å². The molecule has 0 spiro atoms. The molecule has 4 rings (SSSR count). The predicted molar refractivity (Wildman–Crippen MR) is 112 cm³/mol. The lowest BCUT2D eigenvalue weighted by Gasteiger charge is -2.10. The minimum absolute atomic E-state index is 0.0709. The molecule has 3 aromatic carbocycles. The second-order valence-electron chi connectivity index (χ2n) is 6.42. The first-order valence-electron chi connectivity index (χ1n) is 9.26. The molecule has 0 saturated heterocycles. The minimum atomic E-state index is -0.495. The number of carbonyl (C=O) groups excluding carboxylic acids is 1. The SMILES string of the molecule is O=C(Nc1ccccc1)c1ccccc1OCc1nc(-c2cccc([N+](=O)[O-])c2)no1. The predicted octanol–water partition coefficient (Wildman–Crippen LogP) is 4.48. The Morgan fingerprint density at radius 1 is 1.03 bits per heavy atom. The van der Waals surface area contributed by atoms with E-state index >= 15 is 0 Å². The number of para-hydroxylation sites is 2. The van der Waals surface area contributed by atoms with Gasteiger partial charge < -0.3 is 14.6 Å². The maximum Gasteiger partial charge on any atom is 0.270 e. The van der Waals surface area contributed by atoms with Crippen LogP contribution in [0.5, 0.6) is 5.75 Å². The van der Waals surface area contributed by atoms with Crippen molar-refractivity contribution in [3.8, 4) is 17.1 Å². The third kappa shape index (κ3) is 4.73. The van der Waals surface area contributed by atoms with Crippen molar-refractivity contribution < 1.29 is 19.0 Å². The zero-order valence-electron chi connectivity index (χ0n) is 16.1. The summed E-state index contributed by atoms with van der Waals surface area (Å²) in [5.74, 6) is 0.410. The van der Waals surface area contributed by atoms with Crippen molar-refractivity contribution in [3.05, 3.63) is 100 Å². The molecule has 0 aliphatic rings. The fourth-order valence-electron chi connectivity index (χ4n) is 2.83. The number of amides is 1. The number of rotatable bonds is 7. The monoisotopic (exact) mass is 416 g/mol. The highest BCUT2D eigenvalue weighted by Gasteiger charge is 2.16. The van der Waals surface area contributed by atoms with Crippen LogP contribution in [-0.4, -0.2) is 21.0 Å². The summed E-state index contributed by atoms with van der Waals surface area (Å²) in [6.07, 6.45) is 0. The average molecular weight is 416 g/mol. The molecule has 0 atom stereocenters. The molecular weight excluding hydrogens is 400 g/mol. The van der Waals surface area contributed by atoms with Crippen LogP contribution in [0.25, 0.3) is 11.4 Å². The summed E-state index contributed by atoms with van der Waals surface area (Å²) in [4.78, 5) is 27.3. The molecule has 0 aliphatic carbocycles. The van der Waals surface area contributed by atoms with Gasteiger partial charge in [-0.05, 0) is 24.3 Å². The Balaban J connectivity index is 1.46. The van der Waals surface area contributed by atoms with Crippen LogP contribution < -0.4 is 10.1 Å². The molecule has 0 saturated carbocycles. The molecule has 0 bridgehead atoms. The topological polar surface area (TPSA) is 120 Å². The fourth-order valence-corrected chi connectivity index (χ4v) is 2.83. The highest BCUT2D eigenvalue weighted by atomic mass is 16.6. The molecule has 0 fully saturated rings. The van der Waals surface area contributed by atoms with Gasteiger partial charge in [-0.25, -0.2) is 0 Å². The quantitative estimate of drug-likeness (QED) is 0.348. The van der Waals surface area contributed by atoms with Crippen molar-refractivity contribution in [2.24, 2.45) is 0 Å². The number of aromatic nitrogens is 2. The van der Waals surface area contributed by atoms with E-state index in [1.165, 1.54) is 12.1 Å². The first-order valence-corrected chi connectivity index (χ1v) is 9.26. The molecule has 0 aliphatic heterocycles. The van der Waals surface area contributed by atoms with E-state index in [9.17, 15) is 14.9 Å². The van der Waals surface area contributed by atoms with Crippen molar-refractivity contribution >= 4 is 17.3 Å². The summed E-state index contributed by atoms with van der Waals surface area (Å²) in [6, 6.07) is 21.8. The number of non-ortho nitro benzene ring substituents is 1. The Morgan fingerprint density at radius 2 is 1.81 bits per heavy atom. The first kappa shape index (κ1) is 19.8. The van der Waals surface area contributed by atoms with Crippen LogP contribution in [0.4, 0.5) is 11.4 Å². The number of benzene rings is 3. The summed E-state index contributed by atoms with van der Waals surface area (Å²) in [5.41, 5.74) is 1.40. The van der Waals surface area contributed by atoms with E-state index in [1.54, 1.807) is 48.5 Å². The minimum Gasteiger partial charge on any atom is -0.483 e. The highest BCUT2D eigenvalue weighted by molar-refractivity contribution is 6.06. The Bertz CT molecular complexity index is 1220. The van der Waals surface area contributed by atoms with Gasteiger partial charge in [-0.15, -0.1) is 0 Å². The number of ether oxygens (including phenoxy) is 1. The molecule has 1 N–H and O–H groups in total. The smallest absolute Gasteiger partial charge is 0.270 e. The Kier molecular flexibility index (Phi) is 5.66. The van der Waals surface area contributed by atoms with Gasteiger partial charge in [0.15, 0.2) is 6.61 Å². The lowest BCUT2D eigenvalue weighted by atomic mass is 10.2. The van der Waals surface area contributed by atoms with Crippen LogP contribution in [0, 0.1) is 10.1 Å². The second kappa shape index (κ2) is 8.87. The molecule has 1 aromatic heterocycles. The molecular formula is C22H16N4O5. The molecule has 154 valence electrons. The Labute approximate surface area is 176 Å². The lowest BCUT2D eigenvalue weighted by molar-refractivity contribution is -0.384. The molecule has 4 aromatic rings. The van der Waals surface area contributed by atoms with Crippen LogP contribution in [0.2, 0.25) is 0 Å². The summed E-state index contributed by atoms with van der Waals surface area (Å²) in [5, 5.41) is 17.6. The van der Waals surface area contributed by atoms with Gasteiger partial charge in [0.2, 0.25) is 5.82 Å². The summed E-state index contributed by atoms with van der Waals surface area (Å²) in [6.45, 7) is -0.0719. The van der Waals surface area contributed by atoms with E-state index in [1.807, 2.05) is 18.2 Å². The fraction of sp³-hybridized carbons (Fsp3) is 0.0455. The second-order valence-corrected chi connectivity index (χ2v) is 6.42. The van der Waals surface area contributed by atoms with Gasteiger partial charge in [-0.3, -0.25) is 14.9 Å². The summed E-state index contributed by atoms with van der Waals surface area (Å²) < 4.78 is 10.9. The molecule has 1 amide bonds. The average Bonchev–Trinajstić information content (AvgIpc) is 3.28. The third-order valence-corrected chi connectivity index (χ3v) is 4.30. The van der Waals surface area contributed by atoms with Crippen LogP contribution in [0.1, 0.15) is 16.2 Å². The number of anilines is 1. The molecule has 0 unspecified atom stereocenters. The summed E-state index contributed by atoms with van der Waals surface area (Å²) in [7, 11) is 0. The van der Waals surface area contributed by atoms with Crippen LogP contribution in [-0.2, 0) is 6.61 Å². The van der Waals surface area contributed by atoms with Gasteiger partial charge in [0.25, 0.3) is 17.5 Å². The number of nitro benzene ring substituents is 1. The zero-order valence-corrected chi connectivity index (χ0v) is 16.1. The van der Waals surface area contributed by atoms with Gasteiger partial charge >= 0.3 is 0 Å². The normalized spacial score (nSPS) is 10.5. The van der Waals surface area contributed by atoms with Gasteiger partial charge in [-0.2, -0.15) is 4.98 Å². The number of nitro groups is 1. The largest absolute Gasteiger partial charge is 0.483 e. The van der Waals surface area contributed by atoms with Crippen molar-refractivity contribution in [1.82, 2.24) is 10.1 Å². The number of carbonyl (C=O) groups is 1. The van der Waals surface area contributed by atoms with E-state index in [-0.39, 0.29) is 29.9 Å². The van der Waals surface area contributed by atoms with Crippen LogP contribution >= 0.6 is 0 Å². The Hall–Kier alpha value is -4.53. The number of hydrogen-bond donors (Lipinski definition) is 1. The van der Waals surface area contributed by atoms with Crippen LogP contribution in [0.3, 0.4) is 0 Å². The van der Waals surface area contributed by atoms with Crippen molar-refractivity contribution in [2.75, 3.05) is 5.32 Å². The highest BCUT2D eigenvalue weighted by Crippen LogP contribution is 2.23. The van der Waals surface area contributed by atoms with Crippen molar-refractivity contribution in [1.29, 1.82) is 0 Å². The van der Waals surface area contributed by atoms with E-state index in [2.05, 4.69) is 15.5 Å².